The quantitative estimate of drug-likeness (QED) is 0.444. The summed E-state index contributed by atoms with van der Waals surface area (Å²) in [7, 11) is 0. The van der Waals surface area contributed by atoms with Crippen LogP contribution in [0.2, 0.25) is 0 Å². The van der Waals surface area contributed by atoms with Gasteiger partial charge in [0, 0.05) is 47.3 Å². The maximum atomic E-state index is 13.5. The predicted molar refractivity (Wildman–Crippen MR) is 136 cm³/mol. The standard InChI is InChI=1S/C24H29BrF2N6OS/c1-14-20(25)33-18(5-8-29-33)22(30-14)32-9-6-24(7-10-32)12-17-16(11-15(13-28-17)21(26)27)19(24)31-35(34)23(2,3)4/h5,8,11,13,19,21,31H,6-7,9-10,12H2,1-4H3/t19-,35-/m1/s1. The number of hydrogen-bond donors (Lipinski definition) is 1. The van der Waals surface area contributed by atoms with E-state index in [-0.39, 0.29) is 17.0 Å². The van der Waals surface area contributed by atoms with Crippen LogP contribution in [0.15, 0.2) is 29.1 Å². The topological polar surface area (TPSA) is 81.4 Å². The van der Waals surface area contributed by atoms with Crippen molar-refractivity contribution in [3.63, 3.8) is 0 Å². The summed E-state index contributed by atoms with van der Waals surface area (Å²) in [5.74, 6) is 0.884. The molecule has 0 radical (unpaired) electrons. The molecule has 0 unspecified atom stereocenters. The Morgan fingerprint density at radius 1 is 1.29 bits per heavy atom. The Morgan fingerprint density at radius 3 is 2.66 bits per heavy atom. The number of nitrogens with zero attached hydrogens (tertiary/aromatic N) is 5. The first-order valence-corrected chi connectivity index (χ1v) is 13.6. The second kappa shape index (κ2) is 8.93. The molecule has 2 aliphatic rings. The lowest BCUT2D eigenvalue weighted by Gasteiger charge is -2.44. The number of alkyl halides is 2. The molecule has 1 spiro atoms. The molecule has 0 amide bonds. The summed E-state index contributed by atoms with van der Waals surface area (Å²) in [4.78, 5) is 11.5. The van der Waals surface area contributed by atoms with Crippen LogP contribution in [0.1, 0.15) is 68.6 Å². The third-order valence-corrected chi connectivity index (χ3v) is 9.66. The summed E-state index contributed by atoms with van der Waals surface area (Å²) < 4.78 is 45.7. The van der Waals surface area contributed by atoms with Gasteiger partial charge >= 0.3 is 0 Å². The fourth-order valence-electron chi connectivity index (χ4n) is 5.19. The molecule has 1 N–H and O–H groups in total. The normalized spacial score (nSPS) is 20.7. The number of piperidine rings is 1. The highest BCUT2D eigenvalue weighted by Gasteiger charge is 2.51. The van der Waals surface area contributed by atoms with Gasteiger partial charge in [-0.3, -0.25) is 4.98 Å². The van der Waals surface area contributed by atoms with Gasteiger partial charge < -0.3 is 9.45 Å². The molecule has 35 heavy (non-hydrogen) atoms. The minimum absolute atomic E-state index is 0.0933. The Balaban J connectivity index is 1.46. The lowest BCUT2D eigenvalue weighted by Crippen LogP contribution is -2.50. The number of halogens is 3. The number of fused-ring (bicyclic) bond motifs is 2. The van der Waals surface area contributed by atoms with Crippen LogP contribution in [0, 0.1) is 12.3 Å². The number of rotatable bonds is 4. The summed E-state index contributed by atoms with van der Waals surface area (Å²) in [5.41, 5.74) is 3.01. The first kappa shape index (κ1) is 24.9. The number of aromatic nitrogens is 4. The second-order valence-corrected chi connectivity index (χ2v) is 13.3. The summed E-state index contributed by atoms with van der Waals surface area (Å²) in [6, 6.07) is 3.20. The van der Waals surface area contributed by atoms with Crippen molar-refractivity contribution in [2.24, 2.45) is 5.41 Å². The van der Waals surface area contributed by atoms with E-state index >= 15 is 0 Å². The minimum Gasteiger partial charge on any atom is -0.598 e. The Kier molecular flexibility index (Phi) is 6.34. The van der Waals surface area contributed by atoms with Gasteiger partial charge in [0.2, 0.25) is 0 Å². The Labute approximate surface area is 215 Å². The van der Waals surface area contributed by atoms with E-state index in [0.717, 1.165) is 58.8 Å². The van der Waals surface area contributed by atoms with Gasteiger partial charge in [0.25, 0.3) is 6.43 Å². The zero-order valence-corrected chi connectivity index (χ0v) is 22.6. The fraction of sp³-hybridized carbons (Fsp3) is 0.542. The van der Waals surface area contributed by atoms with Crippen LogP contribution >= 0.6 is 15.9 Å². The smallest absolute Gasteiger partial charge is 0.265 e. The van der Waals surface area contributed by atoms with Crippen LogP contribution in [-0.4, -0.2) is 42.0 Å². The lowest BCUT2D eigenvalue weighted by atomic mass is 9.73. The molecule has 3 aromatic heterocycles. The van der Waals surface area contributed by atoms with Crippen LogP contribution < -0.4 is 9.62 Å². The van der Waals surface area contributed by atoms with E-state index in [1.165, 1.54) is 6.20 Å². The third kappa shape index (κ3) is 4.34. The zero-order valence-electron chi connectivity index (χ0n) is 20.2. The van der Waals surface area contributed by atoms with Crippen LogP contribution in [0.25, 0.3) is 5.52 Å². The molecule has 1 aliphatic carbocycles. The first-order valence-electron chi connectivity index (χ1n) is 11.7. The third-order valence-electron chi connectivity index (χ3n) is 7.19. The molecule has 0 aromatic carbocycles. The van der Waals surface area contributed by atoms with Crippen LogP contribution in [0.4, 0.5) is 14.6 Å². The molecular formula is C24H29BrF2N6OS. The molecule has 5 rings (SSSR count). The van der Waals surface area contributed by atoms with E-state index in [1.807, 2.05) is 38.3 Å². The van der Waals surface area contributed by atoms with Gasteiger partial charge in [-0.15, -0.1) is 4.72 Å². The van der Waals surface area contributed by atoms with E-state index in [2.05, 4.69) is 35.6 Å². The average Bonchev–Trinajstić information content (AvgIpc) is 3.40. The number of anilines is 1. The van der Waals surface area contributed by atoms with Gasteiger partial charge in [0.15, 0.2) is 5.82 Å². The van der Waals surface area contributed by atoms with E-state index in [9.17, 15) is 13.3 Å². The van der Waals surface area contributed by atoms with E-state index < -0.39 is 22.5 Å². The predicted octanol–water partition coefficient (Wildman–Crippen LogP) is 5.07. The molecule has 2 atom stereocenters. The van der Waals surface area contributed by atoms with E-state index in [4.69, 9.17) is 4.98 Å². The maximum absolute atomic E-state index is 13.5. The lowest BCUT2D eigenvalue weighted by molar-refractivity contribution is 0.150. The van der Waals surface area contributed by atoms with Crippen molar-refractivity contribution < 1.29 is 13.3 Å². The van der Waals surface area contributed by atoms with Crippen molar-refractivity contribution in [2.75, 3.05) is 18.0 Å². The molecule has 7 nitrogen and oxygen atoms in total. The number of hydrogen-bond acceptors (Lipinski definition) is 6. The SMILES string of the molecule is Cc1nc(N2CCC3(CC2)Cc2ncc(C(F)F)cc2[C@H]3N[S@+]([O-])C(C)(C)C)c2ccnn2c1Br. The van der Waals surface area contributed by atoms with Crippen molar-refractivity contribution in [3.05, 3.63) is 51.6 Å². The van der Waals surface area contributed by atoms with Crippen molar-refractivity contribution in [1.29, 1.82) is 0 Å². The number of pyridine rings is 1. The van der Waals surface area contributed by atoms with Gasteiger partial charge in [-0.25, -0.2) is 18.3 Å². The number of aryl methyl sites for hydroxylation is 1. The Morgan fingerprint density at radius 2 is 2.00 bits per heavy atom. The highest BCUT2D eigenvalue weighted by molar-refractivity contribution is 9.10. The molecule has 1 aliphatic heterocycles. The van der Waals surface area contributed by atoms with E-state index in [1.54, 1.807) is 12.3 Å². The summed E-state index contributed by atoms with van der Waals surface area (Å²) in [5, 5.41) is 4.41. The largest absolute Gasteiger partial charge is 0.598 e. The van der Waals surface area contributed by atoms with Gasteiger partial charge in [-0.05, 0) is 80.6 Å². The van der Waals surface area contributed by atoms with Crippen LogP contribution in [0.3, 0.4) is 0 Å². The molecule has 1 fully saturated rings. The van der Waals surface area contributed by atoms with Crippen LogP contribution in [0.5, 0.6) is 0 Å². The van der Waals surface area contributed by atoms with Gasteiger partial charge in [-0.2, -0.15) is 5.10 Å². The number of nitrogens with one attached hydrogen (secondary N) is 1. The second-order valence-electron chi connectivity index (χ2n) is 10.5. The summed E-state index contributed by atoms with van der Waals surface area (Å²) in [6.45, 7) is 9.16. The van der Waals surface area contributed by atoms with E-state index in [0.29, 0.717) is 6.42 Å². The molecule has 188 valence electrons. The fourth-order valence-corrected chi connectivity index (χ4v) is 6.50. The van der Waals surface area contributed by atoms with Gasteiger partial charge in [-0.1, -0.05) is 0 Å². The molecule has 4 heterocycles. The molecular weight excluding hydrogens is 538 g/mol. The summed E-state index contributed by atoms with van der Waals surface area (Å²) in [6.07, 6.45) is 2.71. The van der Waals surface area contributed by atoms with Crippen molar-refractivity contribution in [2.45, 2.75) is 64.2 Å². The van der Waals surface area contributed by atoms with Crippen molar-refractivity contribution in [3.8, 4) is 0 Å². The molecule has 0 bridgehead atoms. The first-order chi connectivity index (χ1) is 16.5. The van der Waals surface area contributed by atoms with Gasteiger partial charge in [0.1, 0.15) is 14.9 Å². The molecule has 11 heteroatoms. The minimum atomic E-state index is -2.59. The highest BCUT2D eigenvalue weighted by Crippen LogP contribution is 2.53. The van der Waals surface area contributed by atoms with Gasteiger partial charge in [0.05, 0.1) is 17.9 Å². The van der Waals surface area contributed by atoms with Crippen molar-refractivity contribution >= 4 is 38.6 Å². The Bertz CT molecular complexity index is 1250. The molecule has 3 aromatic rings. The maximum Gasteiger partial charge on any atom is 0.265 e. The monoisotopic (exact) mass is 566 g/mol. The zero-order chi connectivity index (χ0) is 25.1. The average molecular weight is 568 g/mol. The molecule has 1 saturated heterocycles. The highest BCUT2D eigenvalue weighted by atomic mass is 79.9. The van der Waals surface area contributed by atoms with Crippen molar-refractivity contribution in [1.82, 2.24) is 24.3 Å². The van der Waals surface area contributed by atoms with Crippen LogP contribution in [-0.2, 0) is 17.8 Å². The Hall–Kier alpha value is -1.82. The summed E-state index contributed by atoms with van der Waals surface area (Å²) >= 11 is 2.22. The molecule has 0 saturated carbocycles.